The number of benzene rings is 2. The molecule has 3 N–H and O–H groups in total. The van der Waals surface area contributed by atoms with E-state index in [4.69, 9.17) is 15.2 Å². The summed E-state index contributed by atoms with van der Waals surface area (Å²) in [5.74, 6) is -0.228. The van der Waals surface area contributed by atoms with Crippen LogP contribution in [0, 0.1) is 0 Å². The Bertz CT molecular complexity index is 1250. The zero-order valence-corrected chi connectivity index (χ0v) is 21.1. The molecule has 38 heavy (non-hydrogen) atoms. The molecule has 1 aromatic heterocycles. The highest BCUT2D eigenvalue weighted by Gasteiger charge is 2.50. The summed E-state index contributed by atoms with van der Waals surface area (Å²) in [6.45, 7) is 3.43. The number of nitrogens with two attached hydrogens (primary N) is 1. The highest BCUT2D eigenvalue weighted by atomic mass is 19.4. The van der Waals surface area contributed by atoms with Gasteiger partial charge >= 0.3 is 6.18 Å². The number of likely N-dealkylation sites (tertiary alicyclic amines) is 1. The van der Waals surface area contributed by atoms with E-state index in [1.165, 1.54) is 12.1 Å². The van der Waals surface area contributed by atoms with Gasteiger partial charge in [0.1, 0.15) is 17.4 Å². The van der Waals surface area contributed by atoms with E-state index in [9.17, 15) is 18.0 Å². The van der Waals surface area contributed by atoms with Crippen LogP contribution in [0.1, 0.15) is 43.2 Å². The third-order valence-electron chi connectivity index (χ3n) is 7.87. The van der Waals surface area contributed by atoms with E-state index < -0.39 is 23.2 Å². The summed E-state index contributed by atoms with van der Waals surface area (Å²) in [4.78, 5) is 15.0. The van der Waals surface area contributed by atoms with Gasteiger partial charge in [-0.05, 0) is 48.2 Å². The maximum atomic E-state index is 13.1. The van der Waals surface area contributed by atoms with Crippen LogP contribution in [0.2, 0.25) is 0 Å². The average Bonchev–Trinajstić information content (AvgIpc) is 3.61. The molecule has 2 aliphatic heterocycles. The van der Waals surface area contributed by atoms with Gasteiger partial charge in [0, 0.05) is 38.2 Å². The number of nitrogens with zero attached hydrogens (tertiary/aromatic N) is 2. The molecule has 4 atom stereocenters. The zero-order valence-electron chi connectivity index (χ0n) is 21.1. The number of halogens is 3. The number of nitrogens with one attached hydrogen (secondary N) is 1. The predicted molar refractivity (Wildman–Crippen MR) is 135 cm³/mol. The molecule has 3 unspecified atom stereocenters. The molecular weight excluding hydrogens is 497 g/mol. The Morgan fingerprint density at radius 3 is 2.71 bits per heavy atom. The van der Waals surface area contributed by atoms with E-state index >= 15 is 0 Å². The summed E-state index contributed by atoms with van der Waals surface area (Å²) in [6, 6.07) is 15.0. The molecule has 3 aromatic rings. The van der Waals surface area contributed by atoms with Crippen LogP contribution >= 0.6 is 0 Å². The Kier molecular flexibility index (Phi) is 7.19. The van der Waals surface area contributed by atoms with Crippen molar-refractivity contribution in [2.75, 3.05) is 19.7 Å². The number of primary amides is 1. The van der Waals surface area contributed by atoms with Crippen molar-refractivity contribution in [1.82, 2.24) is 15.1 Å². The number of hydrogen-bond donors (Lipinski definition) is 2. The first-order chi connectivity index (χ1) is 18.2. The first-order valence-corrected chi connectivity index (χ1v) is 12.8. The number of amides is 1. The second-order valence-corrected chi connectivity index (χ2v) is 10.1. The highest BCUT2D eigenvalue weighted by molar-refractivity contribution is 5.85. The summed E-state index contributed by atoms with van der Waals surface area (Å²) in [5.41, 5.74) is 7.40. The maximum Gasteiger partial charge on any atom is 0.416 e. The fraction of sp³-hybridized carbons (Fsp3) is 0.429. The molecule has 0 bridgehead atoms. The number of ether oxygens (including phenoxy) is 2. The number of H-pyrrole nitrogens is 1. The van der Waals surface area contributed by atoms with Gasteiger partial charge in [-0.3, -0.25) is 14.8 Å². The van der Waals surface area contributed by atoms with Gasteiger partial charge in [0.05, 0.1) is 17.4 Å². The second-order valence-electron chi connectivity index (χ2n) is 10.1. The Labute approximate surface area is 219 Å². The summed E-state index contributed by atoms with van der Waals surface area (Å²) < 4.78 is 51.4. The number of rotatable bonds is 7. The number of hydrogen-bond acceptors (Lipinski definition) is 5. The summed E-state index contributed by atoms with van der Waals surface area (Å²) >= 11 is 0. The van der Waals surface area contributed by atoms with E-state index in [1.807, 2.05) is 23.1 Å². The van der Waals surface area contributed by atoms with Crippen LogP contribution in [-0.2, 0) is 15.7 Å². The number of alkyl halides is 3. The number of carbonyl (C=O) groups is 1. The largest absolute Gasteiger partial charge is 0.489 e. The van der Waals surface area contributed by atoms with Gasteiger partial charge < -0.3 is 15.2 Å². The van der Waals surface area contributed by atoms with E-state index in [1.54, 1.807) is 6.20 Å². The van der Waals surface area contributed by atoms with Crippen molar-refractivity contribution in [3.8, 4) is 17.0 Å². The molecule has 1 amide bonds. The Morgan fingerprint density at radius 1 is 1.24 bits per heavy atom. The number of carbonyl (C=O) groups excluding carboxylic acids is 1. The predicted octanol–water partition coefficient (Wildman–Crippen LogP) is 4.76. The van der Waals surface area contributed by atoms with Gasteiger partial charge in [-0.15, -0.1) is 0 Å². The van der Waals surface area contributed by atoms with Gasteiger partial charge in [0.15, 0.2) is 0 Å². The monoisotopic (exact) mass is 528 g/mol. The van der Waals surface area contributed by atoms with Crippen LogP contribution in [0.5, 0.6) is 5.75 Å². The number of aromatic amines is 1. The zero-order chi connectivity index (χ0) is 26.9. The lowest BCUT2D eigenvalue weighted by Crippen LogP contribution is -2.61. The minimum absolute atomic E-state index is 0.0181. The van der Waals surface area contributed by atoms with Crippen molar-refractivity contribution >= 4 is 5.91 Å². The molecular formula is C28H31F3N4O3. The lowest BCUT2D eigenvalue weighted by Gasteiger charge is -2.46. The molecule has 2 aromatic carbocycles. The van der Waals surface area contributed by atoms with Crippen molar-refractivity contribution in [2.24, 2.45) is 5.73 Å². The molecule has 7 nitrogen and oxygen atoms in total. The highest BCUT2D eigenvalue weighted by Crippen LogP contribution is 2.39. The molecule has 5 rings (SSSR count). The van der Waals surface area contributed by atoms with Gasteiger partial charge in [-0.25, -0.2) is 0 Å². The molecule has 0 saturated carbocycles. The van der Waals surface area contributed by atoms with Gasteiger partial charge in [-0.2, -0.15) is 18.3 Å². The normalized spacial score (nSPS) is 25.3. The summed E-state index contributed by atoms with van der Waals surface area (Å²) in [5, 5.41) is 6.95. The topological polar surface area (TPSA) is 93.5 Å². The molecule has 202 valence electrons. The molecule has 0 aliphatic carbocycles. The fourth-order valence-electron chi connectivity index (χ4n) is 5.61. The Balaban J connectivity index is 1.28. The van der Waals surface area contributed by atoms with Crippen molar-refractivity contribution < 1.29 is 27.4 Å². The molecule has 2 saturated heterocycles. The summed E-state index contributed by atoms with van der Waals surface area (Å²) in [7, 11) is 0. The van der Waals surface area contributed by atoms with E-state index in [0.717, 1.165) is 29.0 Å². The van der Waals surface area contributed by atoms with Crippen LogP contribution in [0.4, 0.5) is 13.2 Å². The van der Waals surface area contributed by atoms with Crippen LogP contribution in [-0.4, -0.2) is 58.4 Å². The van der Waals surface area contributed by atoms with Crippen LogP contribution in [0.25, 0.3) is 11.3 Å². The van der Waals surface area contributed by atoms with Crippen molar-refractivity contribution in [1.29, 1.82) is 0 Å². The second kappa shape index (κ2) is 10.4. The molecule has 2 fully saturated rings. The SMILES string of the molecule is C[C@@H](c1ccc(-c2ccn[nH]2)cc1)C1CC(C(N)=O)(N2CCC(Oc3cccc(C(F)(F)F)c3)C2)CCO1. The van der Waals surface area contributed by atoms with Crippen molar-refractivity contribution in [3.05, 3.63) is 71.9 Å². The Morgan fingerprint density at radius 2 is 2.03 bits per heavy atom. The van der Waals surface area contributed by atoms with Gasteiger partial charge in [0.25, 0.3) is 0 Å². The standard InChI is InChI=1S/C28H31F3N4O3/c1-18(19-5-7-20(8-6-19)24-9-12-33-34-24)25-16-27(26(32)36,11-14-37-25)35-13-10-23(17-35)38-22-4-2-3-21(15-22)28(29,30)31/h2-9,12,15,18,23,25H,10-11,13-14,16-17H2,1H3,(H2,32,36)(H,33,34)/t18-,23?,25?,27?/m0/s1. The van der Waals surface area contributed by atoms with Crippen LogP contribution in [0.15, 0.2) is 60.8 Å². The van der Waals surface area contributed by atoms with Crippen molar-refractivity contribution in [3.63, 3.8) is 0 Å². The smallest absolute Gasteiger partial charge is 0.416 e. The molecule has 3 heterocycles. The Hall–Kier alpha value is -3.37. The molecule has 2 aliphatic rings. The molecule has 0 spiro atoms. The molecule has 0 radical (unpaired) electrons. The first-order valence-electron chi connectivity index (χ1n) is 12.8. The van der Waals surface area contributed by atoms with Crippen LogP contribution < -0.4 is 10.5 Å². The lowest BCUT2D eigenvalue weighted by molar-refractivity contribution is -0.142. The van der Waals surface area contributed by atoms with E-state index in [-0.39, 0.29) is 23.9 Å². The van der Waals surface area contributed by atoms with Gasteiger partial charge in [0.2, 0.25) is 5.91 Å². The fourth-order valence-corrected chi connectivity index (χ4v) is 5.61. The lowest BCUT2D eigenvalue weighted by atomic mass is 9.79. The van der Waals surface area contributed by atoms with Crippen LogP contribution in [0.3, 0.4) is 0 Å². The van der Waals surface area contributed by atoms with E-state index in [0.29, 0.717) is 39.0 Å². The third-order valence-corrected chi connectivity index (χ3v) is 7.87. The quantitative estimate of drug-likeness (QED) is 0.462. The average molecular weight is 529 g/mol. The first kappa shape index (κ1) is 26.2. The number of aromatic nitrogens is 2. The van der Waals surface area contributed by atoms with E-state index in [2.05, 4.69) is 29.3 Å². The maximum absolute atomic E-state index is 13.1. The molecule has 10 heteroatoms. The summed E-state index contributed by atoms with van der Waals surface area (Å²) in [6.07, 6.45) is -1.83. The van der Waals surface area contributed by atoms with Crippen molar-refractivity contribution in [2.45, 2.75) is 56.0 Å². The third kappa shape index (κ3) is 5.28. The minimum atomic E-state index is -4.44. The van der Waals surface area contributed by atoms with Gasteiger partial charge in [-0.1, -0.05) is 37.3 Å². The minimum Gasteiger partial charge on any atom is -0.489 e.